The Morgan fingerprint density at radius 1 is 1.19 bits per heavy atom. The van der Waals surface area contributed by atoms with Crippen LogP contribution in [-0.4, -0.2) is 25.8 Å². The van der Waals surface area contributed by atoms with E-state index in [1.807, 2.05) is 33.8 Å². The van der Waals surface area contributed by atoms with E-state index >= 15 is 0 Å². The minimum absolute atomic E-state index is 0.0597. The second-order valence-corrected chi connectivity index (χ2v) is 8.18. The summed E-state index contributed by atoms with van der Waals surface area (Å²) in [4.78, 5) is 0.0597. The van der Waals surface area contributed by atoms with E-state index in [4.69, 9.17) is 16.9 Å². The molecule has 1 aromatic carbocycles. The molecule has 0 spiro atoms. The maximum absolute atomic E-state index is 12.8. The number of nitriles is 1. The highest BCUT2D eigenvalue weighted by molar-refractivity contribution is 7.89. The van der Waals surface area contributed by atoms with Crippen molar-refractivity contribution in [1.29, 1.82) is 5.26 Å². The Morgan fingerprint density at radius 3 is 2.10 bits per heavy atom. The molecule has 116 valence electrons. The average Bonchev–Trinajstić information content (AvgIpc) is 2.36. The van der Waals surface area contributed by atoms with E-state index in [2.05, 4.69) is 0 Å². The summed E-state index contributed by atoms with van der Waals surface area (Å²) >= 11 is 6.05. The maximum Gasteiger partial charge on any atom is 0.244 e. The van der Waals surface area contributed by atoms with E-state index in [1.165, 1.54) is 22.5 Å². The van der Waals surface area contributed by atoms with Crippen molar-refractivity contribution in [1.82, 2.24) is 4.31 Å². The molecule has 0 heterocycles. The van der Waals surface area contributed by atoms with Gasteiger partial charge in [-0.2, -0.15) is 9.57 Å². The van der Waals surface area contributed by atoms with Gasteiger partial charge in [0.1, 0.15) is 4.90 Å². The molecule has 21 heavy (non-hydrogen) atoms. The summed E-state index contributed by atoms with van der Waals surface area (Å²) in [6, 6.07) is 6.21. The minimum Gasteiger partial charge on any atom is -0.207 e. The summed E-state index contributed by atoms with van der Waals surface area (Å²) in [5.74, 6) is 0.436. The van der Waals surface area contributed by atoms with Gasteiger partial charge in [-0.3, -0.25) is 0 Å². The fourth-order valence-electron chi connectivity index (χ4n) is 2.00. The van der Waals surface area contributed by atoms with Gasteiger partial charge in [-0.05, 0) is 30.0 Å². The maximum atomic E-state index is 12.8. The minimum atomic E-state index is -3.65. The lowest BCUT2D eigenvalue weighted by atomic mass is 10.2. The van der Waals surface area contributed by atoms with Gasteiger partial charge in [-0.15, -0.1) is 0 Å². The third-order valence-electron chi connectivity index (χ3n) is 2.82. The predicted molar refractivity (Wildman–Crippen MR) is 84.6 cm³/mol. The molecular formula is C15H21ClN2O2S. The zero-order chi connectivity index (χ0) is 16.2. The lowest BCUT2D eigenvalue weighted by molar-refractivity contribution is 0.333. The van der Waals surface area contributed by atoms with Crippen molar-refractivity contribution >= 4 is 21.6 Å². The molecule has 0 saturated heterocycles. The van der Waals surface area contributed by atoms with Gasteiger partial charge in [0, 0.05) is 13.1 Å². The molecule has 0 aliphatic rings. The first-order valence-corrected chi connectivity index (χ1v) is 8.70. The Morgan fingerprint density at radius 2 is 1.71 bits per heavy atom. The number of benzene rings is 1. The standard InChI is InChI=1S/C15H21ClN2O2S/c1-11(2)9-18(10-12(3)4)21(19,20)15-6-5-13(8-17)7-14(15)16/h5-7,11-12H,9-10H2,1-4H3. The van der Waals surface area contributed by atoms with Crippen molar-refractivity contribution < 1.29 is 8.42 Å². The Bertz CT molecular complexity index is 624. The second-order valence-electron chi connectivity index (χ2n) is 5.87. The quantitative estimate of drug-likeness (QED) is 0.802. The van der Waals surface area contributed by atoms with E-state index in [-0.39, 0.29) is 21.8 Å². The predicted octanol–water partition coefficient (Wildman–Crippen LogP) is 3.51. The van der Waals surface area contributed by atoms with E-state index in [0.717, 1.165) is 0 Å². The highest BCUT2D eigenvalue weighted by Gasteiger charge is 2.28. The van der Waals surface area contributed by atoms with Gasteiger partial charge in [0.05, 0.1) is 16.7 Å². The number of sulfonamides is 1. The lowest BCUT2D eigenvalue weighted by Gasteiger charge is -2.26. The van der Waals surface area contributed by atoms with E-state index in [9.17, 15) is 8.42 Å². The highest BCUT2D eigenvalue weighted by atomic mass is 35.5. The summed E-state index contributed by atoms with van der Waals surface area (Å²) in [6.45, 7) is 8.78. The van der Waals surface area contributed by atoms with Gasteiger partial charge < -0.3 is 0 Å². The molecule has 0 amide bonds. The molecule has 0 saturated carbocycles. The van der Waals surface area contributed by atoms with Gasteiger partial charge >= 0.3 is 0 Å². The number of hydrogen-bond acceptors (Lipinski definition) is 3. The smallest absolute Gasteiger partial charge is 0.207 e. The number of halogens is 1. The van der Waals surface area contributed by atoms with Crippen LogP contribution in [0.3, 0.4) is 0 Å². The molecule has 6 heteroatoms. The van der Waals surface area contributed by atoms with Gasteiger partial charge in [0.15, 0.2) is 0 Å². The van der Waals surface area contributed by atoms with Crippen LogP contribution in [-0.2, 0) is 10.0 Å². The summed E-state index contributed by atoms with van der Waals surface area (Å²) in [5, 5.41) is 8.92. The van der Waals surface area contributed by atoms with Gasteiger partial charge in [-0.25, -0.2) is 8.42 Å². The first-order chi connectivity index (χ1) is 9.68. The van der Waals surface area contributed by atoms with Crippen LogP contribution >= 0.6 is 11.6 Å². The van der Waals surface area contributed by atoms with E-state index < -0.39 is 10.0 Å². The van der Waals surface area contributed by atoms with Crippen LogP contribution in [0.4, 0.5) is 0 Å². The SMILES string of the molecule is CC(C)CN(CC(C)C)S(=O)(=O)c1ccc(C#N)cc1Cl. The molecule has 0 fully saturated rings. The summed E-state index contributed by atoms with van der Waals surface area (Å²) in [7, 11) is -3.65. The van der Waals surface area contributed by atoms with E-state index in [0.29, 0.717) is 18.7 Å². The van der Waals surface area contributed by atoms with Crippen molar-refractivity contribution in [3.8, 4) is 6.07 Å². The molecule has 0 unspecified atom stereocenters. The average molecular weight is 329 g/mol. The Hall–Kier alpha value is -1.09. The molecule has 0 N–H and O–H groups in total. The normalized spacial score (nSPS) is 12.1. The topological polar surface area (TPSA) is 61.2 Å². The van der Waals surface area contributed by atoms with Crippen molar-refractivity contribution in [2.75, 3.05) is 13.1 Å². The summed E-state index contributed by atoms with van der Waals surface area (Å²) in [5.41, 5.74) is 0.346. The molecule has 1 aromatic rings. The first kappa shape index (κ1) is 18.0. The number of rotatable bonds is 6. The van der Waals surface area contributed by atoms with Gasteiger partial charge in [0.2, 0.25) is 10.0 Å². The van der Waals surface area contributed by atoms with Crippen LogP contribution in [0.1, 0.15) is 33.3 Å². The monoisotopic (exact) mass is 328 g/mol. The fraction of sp³-hybridized carbons (Fsp3) is 0.533. The molecule has 0 aliphatic heterocycles. The van der Waals surface area contributed by atoms with Crippen molar-refractivity contribution in [2.24, 2.45) is 11.8 Å². The van der Waals surface area contributed by atoms with Gasteiger partial charge in [-0.1, -0.05) is 39.3 Å². The van der Waals surface area contributed by atoms with Crippen LogP contribution in [0.15, 0.2) is 23.1 Å². The molecule has 0 aliphatic carbocycles. The third-order valence-corrected chi connectivity index (χ3v) is 5.13. The largest absolute Gasteiger partial charge is 0.244 e. The lowest BCUT2D eigenvalue weighted by Crippen LogP contribution is -2.37. The molecule has 0 aromatic heterocycles. The van der Waals surface area contributed by atoms with Crippen molar-refractivity contribution in [2.45, 2.75) is 32.6 Å². The number of hydrogen-bond donors (Lipinski definition) is 0. The number of nitrogens with zero attached hydrogens (tertiary/aromatic N) is 2. The molecule has 4 nitrogen and oxygen atoms in total. The van der Waals surface area contributed by atoms with Crippen LogP contribution in [0, 0.1) is 23.2 Å². The summed E-state index contributed by atoms with van der Waals surface area (Å²) < 4.78 is 27.0. The molecule has 1 rings (SSSR count). The Balaban J connectivity index is 3.25. The Kier molecular flexibility index (Phi) is 6.21. The second kappa shape index (κ2) is 7.26. The van der Waals surface area contributed by atoms with Crippen molar-refractivity contribution in [3.05, 3.63) is 28.8 Å². The van der Waals surface area contributed by atoms with Crippen LogP contribution in [0.5, 0.6) is 0 Å². The summed E-state index contributed by atoms with van der Waals surface area (Å²) in [6.07, 6.45) is 0. The molecule has 0 bridgehead atoms. The highest BCUT2D eigenvalue weighted by Crippen LogP contribution is 2.26. The van der Waals surface area contributed by atoms with Gasteiger partial charge in [0.25, 0.3) is 0 Å². The zero-order valence-corrected chi connectivity index (χ0v) is 14.4. The first-order valence-electron chi connectivity index (χ1n) is 6.88. The third kappa shape index (κ3) is 4.70. The van der Waals surface area contributed by atoms with Crippen LogP contribution < -0.4 is 0 Å². The van der Waals surface area contributed by atoms with E-state index in [1.54, 1.807) is 0 Å². The zero-order valence-electron chi connectivity index (χ0n) is 12.8. The fourth-order valence-corrected chi connectivity index (χ4v) is 4.29. The van der Waals surface area contributed by atoms with Crippen molar-refractivity contribution in [3.63, 3.8) is 0 Å². The molecule has 0 radical (unpaired) electrons. The van der Waals surface area contributed by atoms with Crippen LogP contribution in [0.25, 0.3) is 0 Å². The molecule has 0 atom stereocenters. The van der Waals surface area contributed by atoms with Crippen LogP contribution in [0.2, 0.25) is 5.02 Å². The molecular weight excluding hydrogens is 308 g/mol. The Labute approximate surface area is 132 Å².